The number of methoxy groups -OCH3 is 1. The first-order valence-electron chi connectivity index (χ1n) is 12.4. The summed E-state index contributed by atoms with van der Waals surface area (Å²) in [7, 11) is 1.64. The van der Waals surface area contributed by atoms with Gasteiger partial charge in [-0.25, -0.2) is 4.79 Å². The van der Waals surface area contributed by atoms with Crippen LogP contribution in [0.5, 0.6) is 11.5 Å². The predicted molar refractivity (Wildman–Crippen MR) is 136 cm³/mol. The lowest BCUT2D eigenvalue weighted by Crippen LogP contribution is -2.48. The Bertz CT molecular complexity index is 1150. The Hall–Kier alpha value is -3.23. The Balaban J connectivity index is 1.09. The number of fused-ring (bicyclic) bond motifs is 1. The molecule has 3 heterocycles. The Labute approximate surface area is 206 Å². The zero-order chi connectivity index (χ0) is 24.4. The summed E-state index contributed by atoms with van der Waals surface area (Å²) in [4.78, 5) is 22.5. The number of urea groups is 1. The number of carbonyl (C=O) groups excluding carboxylic acids is 1. The van der Waals surface area contributed by atoms with Crippen molar-refractivity contribution in [2.75, 3.05) is 51.3 Å². The highest BCUT2D eigenvalue weighted by Gasteiger charge is 2.36. The number of aromatic amines is 1. The molecule has 2 amide bonds. The third kappa shape index (κ3) is 5.09. The SMILES string of the molecule is COc1ccc(N2CCN(C3CCN(CC(O)COc4cccc5[nH]c(C)cc45)CC3)C2=O)cc1. The molecule has 186 valence electrons. The highest BCUT2D eigenvalue weighted by atomic mass is 16.5. The highest BCUT2D eigenvalue weighted by molar-refractivity contribution is 5.94. The summed E-state index contributed by atoms with van der Waals surface area (Å²) >= 11 is 0. The van der Waals surface area contributed by atoms with Gasteiger partial charge in [-0.2, -0.15) is 0 Å². The van der Waals surface area contributed by atoms with Crippen molar-refractivity contribution in [1.29, 1.82) is 0 Å². The van der Waals surface area contributed by atoms with Crippen LogP contribution in [-0.4, -0.2) is 84.5 Å². The topological polar surface area (TPSA) is 81.3 Å². The lowest BCUT2D eigenvalue weighted by molar-refractivity contribution is 0.0513. The number of nitrogens with one attached hydrogen (secondary N) is 1. The van der Waals surface area contributed by atoms with Crippen LogP contribution in [0.25, 0.3) is 10.9 Å². The molecule has 2 aromatic carbocycles. The summed E-state index contributed by atoms with van der Waals surface area (Å²) in [5.74, 6) is 1.58. The standard InChI is InChI=1S/C27H34N4O4/c1-19-16-24-25(28-19)4-3-5-26(24)35-18-22(32)17-29-12-10-21(11-13-29)31-15-14-30(27(31)33)20-6-8-23(34-2)9-7-20/h3-9,16,21-22,28,32H,10-15,17-18H2,1-2H3. The molecule has 2 N–H and O–H groups in total. The van der Waals surface area contributed by atoms with Gasteiger partial charge < -0.3 is 29.4 Å². The summed E-state index contributed by atoms with van der Waals surface area (Å²) in [5.41, 5.74) is 3.03. The Morgan fingerprint density at radius 2 is 1.86 bits per heavy atom. The van der Waals surface area contributed by atoms with Crippen LogP contribution in [0.15, 0.2) is 48.5 Å². The van der Waals surface area contributed by atoms with Gasteiger partial charge in [-0.3, -0.25) is 4.90 Å². The number of anilines is 1. The fourth-order valence-corrected chi connectivity index (χ4v) is 5.24. The van der Waals surface area contributed by atoms with Gasteiger partial charge in [0.1, 0.15) is 24.2 Å². The maximum absolute atomic E-state index is 13.1. The summed E-state index contributed by atoms with van der Waals surface area (Å²) in [6.07, 6.45) is 1.26. The van der Waals surface area contributed by atoms with E-state index in [1.165, 1.54) is 0 Å². The van der Waals surface area contributed by atoms with Crippen LogP contribution in [0.3, 0.4) is 0 Å². The number of hydrogen-bond donors (Lipinski definition) is 2. The van der Waals surface area contributed by atoms with Crippen LogP contribution in [0.1, 0.15) is 18.5 Å². The van der Waals surface area contributed by atoms with Gasteiger partial charge in [0.2, 0.25) is 0 Å². The fourth-order valence-electron chi connectivity index (χ4n) is 5.24. The van der Waals surface area contributed by atoms with Gasteiger partial charge in [0, 0.05) is 61.0 Å². The van der Waals surface area contributed by atoms with Crippen molar-refractivity contribution in [3.63, 3.8) is 0 Å². The van der Waals surface area contributed by atoms with Crippen LogP contribution in [0, 0.1) is 6.92 Å². The Morgan fingerprint density at radius 1 is 1.09 bits per heavy atom. The highest BCUT2D eigenvalue weighted by Crippen LogP contribution is 2.28. The van der Waals surface area contributed by atoms with Crippen molar-refractivity contribution in [2.24, 2.45) is 0 Å². The number of benzene rings is 2. The van der Waals surface area contributed by atoms with E-state index in [9.17, 15) is 9.90 Å². The number of hydrogen-bond acceptors (Lipinski definition) is 5. The monoisotopic (exact) mass is 478 g/mol. The number of amides is 2. The van der Waals surface area contributed by atoms with E-state index in [2.05, 4.69) is 16.0 Å². The molecule has 2 fully saturated rings. The molecule has 5 rings (SSSR count). The van der Waals surface area contributed by atoms with Gasteiger partial charge in [-0.1, -0.05) is 6.07 Å². The molecule has 0 bridgehead atoms. The van der Waals surface area contributed by atoms with Crippen molar-refractivity contribution in [3.8, 4) is 11.5 Å². The van der Waals surface area contributed by atoms with Gasteiger partial charge in [0.15, 0.2) is 0 Å². The van der Waals surface area contributed by atoms with Crippen molar-refractivity contribution in [3.05, 3.63) is 54.2 Å². The van der Waals surface area contributed by atoms with E-state index in [4.69, 9.17) is 9.47 Å². The first-order valence-corrected chi connectivity index (χ1v) is 12.4. The zero-order valence-electron chi connectivity index (χ0n) is 20.4. The van der Waals surface area contributed by atoms with Crippen molar-refractivity contribution in [2.45, 2.75) is 31.9 Å². The number of nitrogens with zero attached hydrogens (tertiary/aromatic N) is 3. The van der Waals surface area contributed by atoms with E-state index in [0.717, 1.165) is 66.3 Å². The molecule has 0 radical (unpaired) electrons. The summed E-state index contributed by atoms with van der Waals surface area (Å²) in [6, 6.07) is 16.0. The number of likely N-dealkylation sites (tertiary alicyclic amines) is 1. The number of ether oxygens (including phenoxy) is 2. The fraction of sp³-hybridized carbons (Fsp3) is 0.444. The normalized spacial score (nSPS) is 18.4. The number of piperidine rings is 1. The predicted octanol–water partition coefficient (Wildman–Crippen LogP) is 3.63. The first kappa shape index (κ1) is 23.5. The molecule has 8 nitrogen and oxygen atoms in total. The Morgan fingerprint density at radius 3 is 2.60 bits per heavy atom. The first-order chi connectivity index (χ1) is 17.0. The molecule has 1 unspecified atom stereocenters. The molecular formula is C27H34N4O4. The van der Waals surface area contributed by atoms with Crippen LogP contribution in [0.2, 0.25) is 0 Å². The van der Waals surface area contributed by atoms with E-state index < -0.39 is 6.10 Å². The zero-order valence-corrected chi connectivity index (χ0v) is 20.4. The smallest absolute Gasteiger partial charge is 0.324 e. The largest absolute Gasteiger partial charge is 0.497 e. The third-order valence-corrected chi connectivity index (χ3v) is 7.08. The minimum absolute atomic E-state index is 0.0798. The summed E-state index contributed by atoms with van der Waals surface area (Å²) in [5, 5.41) is 11.6. The molecule has 0 spiro atoms. The molecule has 0 saturated carbocycles. The Kier molecular flexibility index (Phi) is 6.83. The van der Waals surface area contributed by atoms with E-state index in [1.807, 2.05) is 59.2 Å². The maximum Gasteiger partial charge on any atom is 0.324 e. The number of rotatable bonds is 8. The number of β-amino-alcohol motifs (C(OH)–C–C–N with tert-alkyl or cyclic N) is 1. The average Bonchev–Trinajstić information content (AvgIpc) is 3.45. The number of aryl methyl sites for hydroxylation is 1. The summed E-state index contributed by atoms with van der Waals surface area (Å²) in [6.45, 7) is 6.02. The minimum Gasteiger partial charge on any atom is -0.497 e. The molecule has 2 saturated heterocycles. The van der Waals surface area contributed by atoms with Crippen molar-refractivity contribution in [1.82, 2.24) is 14.8 Å². The number of aromatic nitrogens is 1. The molecule has 2 aliphatic heterocycles. The van der Waals surface area contributed by atoms with E-state index in [1.54, 1.807) is 7.11 Å². The molecule has 35 heavy (non-hydrogen) atoms. The van der Waals surface area contributed by atoms with Crippen LogP contribution in [0.4, 0.5) is 10.5 Å². The number of aliphatic hydroxyl groups is 1. The van der Waals surface area contributed by atoms with E-state index in [0.29, 0.717) is 13.1 Å². The number of aliphatic hydroxyl groups excluding tert-OH is 1. The maximum atomic E-state index is 13.1. The third-order valence-electron chi connectivity index (χ3n) is 7.08. The minimum atomic E-state index is -0.569. The van der Waals surface area contributed by atoms with Gasteiger partial charge >= 0.3 is 6.03 Å². The number of carbonyl (C=O) groups is 1. The quantitative estimate of drug-likeness (QED) is 0.517. The van der Waals surface area contributed by atoms with Gasteiger partial charge in [0.25, 0.3) is 0 Å². The molecular weight excluding hydrogens is 444 g/mol. The van der Waals surface area contributed by atoms with Crippen LogP contribution in [-0.2, 0) is 0 Å². The van der Waals surface area contributed by atoms with Crippen LogP contribution >= 0.6 is 0 Å². The molecule has 8 heteroatoms. The van der Waals surface area contributed by atoms with Crippen molar-refractivity contribution < 1.29 is 19.4 Å². The second-order valence-corrected chi connectivity index (χ2v) is 9.49. The molecule has 2 aliphatic rings. The molecule has 0 aliphatic carbocycles. The molecule has 1 atom stereocenters. The lowest BCUT2D eigenvalue weighted by Gasteiger charge is -2.37. The van der Waals surface area contributed by atoms with Gasteiger partial charge in [-0.15, -0.1) is 0 Å². The number of H-pyrrole nitrogens is 1. The van der Waals surface area contributed by atoms with Crippen molar-refractivity contribution >= 4 is 22.6 Å². The average molecular weight is 479 g/mol. The molecule has 1 aromatic heterocycles. The van der Waals surface area contributed by atoms with Crippen LogP contribution < -0.4 is 14.4 Å². The van der Waals surface area contributed by atoms with E-state index in [-0.39, 0.29) is 18.7 Å². The van der Waals surface area contributed by atoms with Gasteiger partial charge in [-0.05, 0) is 62.2 Å². The van der Waals surface area contributed by atoms with E-state index >= 15 is 0 Å². The second-order valence-electron chi connectivity index (χ2n) is 9.49. The van der Waals surface area contributed by atoms with Gasteiger partial charge in [0.05, 0.1) is 7.11 Å². The molecule has 3 aromatic rings. The second kappa shape index (κ2) is 10.2. The summed E-state index contributed by atoms with van der Waals surface area (Å²) < 4.78 is 11.2. The lowest BCUT2D eigenvalue weighted by atomic mass is 10.0.